The van der Waals surface area contributed by atoms with Crippen LogP contribution in [0, 0.1) is 29.4 Å². The Morgan fingerprint density at radius 3 is 2.21 bits per heavy atom. The second-order valence-electron chi connectivity index (χ2n) is 19.9. The number of fused-ring (bicyclic) bond motifs is 1. The van der Waals surface area contributed by atoms with Crippen molar-refractivity contribution in [2.24, 2.45) is 23.5 Å². The first-order chi connectivity index (χ1) is 34.7. The highest BCUT2D eigenvalue weighted by Gasteiger charge is 2.50. The zero-order valence-corrected chi connectivity index (χ0v) is 41.7. The number of primary amides is 1. The van der Waals surface area contributed by atoms with E-state index < -0.39 is 40.1 Å². The Hall–Kier alpha value is -5.81. The summed E-state index contributed by atoms with van der Waals surface area (Å²) in [5, 5.41) is 15.3. The second-order valence-corrected chi connectivity index (χ2v) is 20.7. The minimum Gasteiger partial charge on any atom is -0.488 e. The molecule has 0 radical (unpaired) electrons. The summed E-state index contributed by atoms with van der Waals surface area (Å²) in [5.41, 5.74) is 6.10. The van der Waals surface area contributed by atoms with Crippen LogP contribution in [0.5, 0.6) is 11.5 Å². The molecule has 0 spiro atoms. The molecule has 3 saturated heterocycles. The van der Waals surface area contributed by atoms with E-state index >= 15 is 8.78 Å². The van der Waals surface area contributed by atoms with Crippen LogP contribution in [0.2, 0.25) is 10.0 Å². The molecule has 1 aliphatic carbocycles. The van der Waals surface area contributed by atoms with E-state index in [1.54, 1.807) is 18.2 Å². The summed E-state index contributed by atoms with van der Waals surface area (Å²) >= 11 is 13.1. The number of nitrogens with zero attached hydrogens (tertiary/aromatic N) is 3. The second kappa shape index (κ2) is 21.7. The van der Waals surface area contributed by atoms with Crippen LogP contribution in [0.3, 0.4) is 0 Å². The summed E-state index contributed by atoms with van der Waals surface area (Å²) in [6, 6.07) is 17.7. The maximum atomic E-state index is 16.5. The average molecular weight is 1030 g/mol. The number of aliphatic hydroxyl groups is 1. The van der Waals surface area contributed by atoms with Gasteiger partial charge in [0, 0.05) is 91.9 Å². The number of nitrogens with one attached hydrogen (secondary N) is 2. The number of likely N-dealkylation sites (tertiary alicyclic amines) is 2. The molecule has 0 bridgehead atoms. The lowest BCUT2D eigenvalue weighted by Gasteiger charge is -2.39. The number of amides is 6. The van der Waals surface area contributed by atoms with Crippen molar-refractivity contribution in [3.63, 3.8) is 0 Å². The van der Waals surface area contributed by atoms with Gasteiger partial charge in [0.25, 0.3) is 5.91 Å². The number of carbonyl (C=O) groups excluding carboxylic acids is 5. The van der Waals surface area contributed by atoms with Gasteiger partial charge >= 0.3 is 6.03 Å². The lowest BCUT2D eigenvalue weighted by molar-refractivity contribution is -0.138. The first-order valence-corrected chi connectivity index (χ1v) is 25.8. The number of carbonyl (C=O) groups is 5. The quantitative estimate of drug-likeness (QED) is 0.0961. The van der Waals surface area contributed by atoms with E-state index in [1.165, 1.54) is 23.1 Å². The number of aliphatic hydroxyl groups excluding tert-OH is 1. The van der Waals surface area contributed by atoms with Gasteiger partial charge in [-0.3, -0.25) is 29.4 Å². The van der Waals surface area contributed by atoms with Crippen LogP contribution in [0.4, 0.5) is 19.3 Å². The number of halogens is 4. The molecule has 5 N–H and O–H groups in total. The van der Waals surface area contributed by atoms with Gasteiger partial charge in [-0.2, -0.15) is 0 Å². The van der Waals surface area contributed by atoms with Gasteiger partial charge in [0.2, 0.25) is 17.7 Å². The van der Waals surface area contributed by atoms with Crippen LogP contribution in [-0.4, -0.2) is 103 Å². The van der Waals surface area contributed by atoms with Crippen LogP contribution in [0.25, 0.3) is 11.1 Å². The molecule has 14 nitrogen and oxygen atoms in total. The third-order valence-electron chi connectivity index (χ3n) is 15.6. The van der Waals surface area contributed by atoms with Crippen molar-refractivity contribution in [1.82, 2.24) is 20.4 Å². The normalized spacial score (nSPS) is 22.9. The molecule has 5 aliphatic rings. The zero-order valence-electron chi connectivity index (χ0n) is 40.2. The predicted molar refractivity (Wildman–Crippen MR) is 268 cm³/mol. The van der Waals surface area contributed by atoms with Crippen molar-refractivity contribution in [3.05, 3.63) is 111 Å². The summed E-state index contributed by atoms with van der Waals surface area (Å²) in [5.74, 6) is -2.79. The molecule has 9 rings (SSSR count). The number of benzene rings is 4. The number of hydrogen-bond acceptors (Lipinski definition) is 9. The lowest BCUT2D eigenvalue weighted by Crippen LogP contribution is -2.49. The molecule has 18 heteroatoms. The first-order valence-electron chi connectivity index (χ1n) is 25.0. The fraction of sp³-hybridized carbons (Fsp3) is 0.463. The molecule has 0 aromatic heterocycles. The van der Waals surface area contributed by atoms with E-state index in [0.29, 0.717) is 46.8 Å². The van der Waals surface area contributed by atoms with Crippen LogP contribution in [-0.2, 0) is 15.2 Å². The van der Waals surface area contributed by atoms with Crippen LogP contribution in [0.15, 0.2) is 66.7 Å². The van der Waals surface area contributed by atoms with Crippen LogP contribution in [0.1, 0.15) is 109 Å². The minimum absolute atomic E-state index is 0.0557. The van der Waals surface area contributed by atoms with Crippen molar-refractivity contribution >= 4 is 58.5 Å². The Kier molecular flexibility index (Phi) is 15.4. The SMILES string of the molecule is CC1c2c(cc(F)c(Cl)c2-c2c(C(N)=O)ccc(OCCO)c2F)OC1(CNC1CCC(C(=O)N2CCC(CC3CCN(C(=O)c4ccc(Cl)c(N5CCC(=O)NC5=O)c4)CC3)CC2)CC1)c1ccccc1. The molecule has 4 aliphatic heterocycles. The van der Waals surface area contributed by atoms with Gasteiger partial charge in [-0.1, -0.05) is 60.5 Å². The lowest BCUT2D eigenvalue weighted by atomic mass is 9.77. The number of imide groups is 1. The first kappa shape index (κ1) is 51.1. The summed E-state index contributed by atoms with van der Waals surface area (Å²) in [7, 11) is 0. The van der Waals surface area contributed by atoms with E-state index in [4.69, 9.17) is 38.4 Å². The minimum atomic E-state index is -1.11. The van der Waals surface area contributed by atoms with Gasteiger partial charge in [-0.15, -0.1) is 0 Å². The van der Waals surface area contributed by atoms with Gasteiger partial charge in [-0.05, 0) is 106 Å². The van der Waals surface area contributed by atoms with E-state index in [-0.39, 0.29) is 90.6 Å². The number of rotatable bonds is 14. The van der Waals surface area contributed by atoms with Crippen LogP contribution < -0.4 is 30.7 Å². The smallest absolute Gasteiger partial charge is 0.328 e. The van der Waals surface area contributed by atoms with Gasteiger partial charge in [0.05, 0.1) is 27.9 Å². The van der Waals surface area contributed by atoms with E-state index in [0.717, 1.165) is 76.4 Å². The maximum Gasteiger partial charge on any atom is 0.328 e. The predicted octanol–water partition coefficient (Wildman–Crippen LogP) is 8.58. The summed E-state index contributed by atoms with van der Waals surface area (Å²) in [4.78, 5) is 69.8. The van der Waals surface area contributed by atoms with Crippen molar-refractivity contribution in [2.75, 3.05) is 57.4 Å². The monoisotopic (exact) mass is 1030 g/mol. The summed E-state index contributed by atoms with van der Waals surface area (Å²) < 4.78 is 44.6. The molecular weight excluding hydrogens is 970 g/mol. The summed E-state index contributed by atoms with van der Waals surface area (Å²) in [6.45, 7) is 4.50. The number of nitrogens with two attached hydrogens (primary N) is 1. The molecule has 4 fully saturated rings. The standard InChI is InChI=1S/C54H60Cl2F2N6O8/c1-31-45-43(29-40(57)48(56)47(45)46-38(50(59)67)12-14-42(49(46)58)71-26-25-65)72-54(31,36-5-3-2-4-6-36)30-60-37-10-7-34(8-11-37)51(68)62-20-15-32(16-21-62)27-33-17-22-63(23-18-33)52(69)35-9-13-39(55)41(28-35)64-24-19-44(66)61-53(64)70/h2-6,9,12-14,28-29,31-34,37,60,65H,7-8,10-11,15-27,30H2,1H3,(H2,59,67)(H,61,66,70). The molecule has 2 atom stereocenters. The molecule has 1 saturated carbocycles. The Bertz CT molecular complexity index is 2730. The average Bonchev–Trinajstić information content (AvgIpc) is 3.67. The number of piperidine rings is 2. The molecule has 4 heterocycles. The van der Waals surface area contributed by atoms with Crippen molar-refractivity contribution < 1.29 is 47.3 Å². The maximum absolute atomic E-state index is 16.5. The molecule has 6 amide bonds. The molecular formula is C54H60Cl2F2N6O8. The van der Waals surface area contributed by atoms with E-state index in [9.17, 15) is 29.1 Å². The molecule has 4 aromatic rings. The zero-order chi connectivity index (χ0) is 50.8. The highest BCUT2D eigenvalue weighted by molar-refractivity contribution is 6.34. The summed E-state index contributed by atoms with van der Waals surface area (Å²) in [6.07, 6.45) is 7.88. The third-order valence-corrected chi connectivity index (χ3v) is 16.3. The third kappa shape index (κ3) is 10.2. The fourth-order valence-corrected chi connectivity index (χ4v) is 12.1. The highest BCUT2D eigenvalue weighted by atomic mass is 35.5. The molecule has 2 unspecified atom stereocenters. The Balaban J connectivity index is 0.783. The van der Waals surface area contributed by atoms with Gasteiger partial charge in [0.15, 0.2) is 17.2 Å². The Morgan fingerprint density at radius 1 is 0.875 bits per heavy atom. The number of ether oxygens (including phenoxy) is 2. The van der Waals surface area contributed by atoms with E-state index in [2.05, 4.69) is 10.6 Å². The van der Waals surface area contributed by atoms with Gasteiger partial charge in [0.1, 0.15) is 18.2 Å². The topological polar surface area (TPSA) is 184 Å². The van der Waals surface area contributed by atoms with Gasteiger partial charge in [-0.25, -0.2) is 13.6 Å². The van der Waals surface area contributed by atoms with Crippen molar-refractivity contribution in [3.8, 4) is 22.6 Å². The van der Waals surface area contributed by atoms with Gasteiger partial charge < -0.3 is 35.4 Å². The van der Waals surface area contributed by atoms with Crippen LogP contribution >= 0.6 is 23.2 Å². The highest BCUT2D eigenvalue weighted by Crippen LogP contribution is 2.56. The van der Waals surface area contributed by atoms with Crippen molar-refractivity contribution in [2.45, 2.75) is 88.7 Å². The Morgan fingerprint density at radius 2 is 1.56 bits per heavy atom. The molecule has 382 valence electrons. The molecule has 72 heavy (non-hydrogen) atoms. The Labute approximate surface area is 427 Å². The molecule has 4 aromatic carbocycles. The van der Waals surface area contributed by atoms with Crippen molar-refractivity contribution in [1.29, 1.82) is 0 Å². The number of hydrogen-bond donors (Lipinski definition) is 4. The van der Waals surface area contributed by atoms with E-state index in [1.807, 2.05) is 47.1 Å². The largest absolute Gasteiger partial charge is 0.488 e. The number of anilines is 1. The number of urea groups is 1. The fourth-order valence-electron chi connectivity index (χ4n) is 11.6.